The second-order valence-corrected chi connectivity index (χ2v) is 22.2. The molecule has 338 valence electrons. The van der Waals surface area contributed by atoms with Gasteiger partial charge in [0.1, 0.15) is 5.82 Å². The van der Waals surface area contributed by atoms with Gasteiger partial charge in [-0.25, -0.2) is 4.98 Å². The zero-order valence-corrected chi connectivity index (χ0v) is 43.1. The van der Waals surface area contributed by atoms with Crippen LogP contribution in [0.3, 0.4) is 0 Å². The Morgan fingerprint density at radius 3 is 1.83 bits per heavy atom. The van der Waals surface area contributed by atoms with Gasteiger partial charge in [-0.05, 0) is 110 Å². The van der Waals surface area contributed by atoms with Crippen LogP contribution in [0, 0.1) is 18.8 Å². The standard InChI is InChI=1S/C58H67N4O.Pt/c1-16-58(15,17-2)41-19-18-20-43(29-41)60-37-61(52-33-39(55(6,7)8)22-26-49(52)60)44-30-42(57(12,13)14)31-46(35-44)63-45-23-25-48-47-24-21-38(54(3,4)5)32-50(47)62(51(48)36-45)53-34-40(27-28-59-53)56(9,10)11;/h18-34,37H,16-17H2,1-15H3;/q-3;. The van der Waals surface area contributed by atoms with Crippen LogP contribution in [0.15, 0.2) is 103 Å². The van der Waals surface area contributed by atoms with E-state index >= 15 is 0 Å². The summed E-state index contributed by atoms with van der Waals surface area (Å²) >= 11 is 0. The van der Waals surface area contributed by atoms with Crippen molar-refractivity contribution in [2.75, 3.05) is 9.80 Å². The molecule has 0 saturated heterocycles. The SMILES string of the molecule is CCC(C)(CC)c1cccc(N2[CH-]N(c3[c-]c(Oc4[c-]c5c(cc4)c4ccc(C(C)(C)C)cc4n5-c4cc(C(C)(C)C)ccn4)cc(C(C)(C)C)c3)c3cc(C(C)(C)C)ccc32)c1.[Pt]. The average molecular weight is 1030 g/mol. The van der Waals surface area contributed by atoms with Crippen molar-refractivity contribution in [1.29, 1.82) is 0 Å². The number of hydrogen-bond donors (Lipinski definition) is 0. The molecule has 0 bridgehead atoms. The fourth-order valence-electron chi connectivity index (χ4n) is 8.67. The molecule has 0 unspecified atom stereocenters. The van der Waals surface area contributed by atoms with Gasteiger partial charge in [0, 0.05) is 61.3 Å². The van der Waals surface area contributed by atoms with Gasteiger partial charge in [0.05, 0.1) is 0 Å². The van der Waals surface area contributed by atoms with Gasteiger partial charge >= 0.3 is 0 Å². The molecular weight excluding hydrogens is 964 g/mol. The smallest absolute Gasteiger partial charge is 0.135 e. The number of ether oxygens (including phenoxy) is 1. The number of anilines is 4. The summed E-state index contributed by atoms with van der Waals surface area (Å²) in [5.74, 6) is 2.13. The van der Waals surface area contributed by atoms with Gasteiger partial charge in [-0.2, -0.15) is 6.07 Å². The van der Waals surface area contributed by atoms with E-state index in [4.69, 9.17) is 9.72 Å². The molecule has 0 saturated carbocycles. The first-order valence-electron chi connectivity index (χ1n) is 22.9. The Morgan fingerprint density at radius 2 is 1.17 bits per heavy atom. The Balaban J connectivity index is 0.00000612. The van der Waals surface area contributed by atoms with Crippen LogP contribution in [0.5, 0.6) is 11.5 Å². The van der Waals surface area contributed by atoms with Crippen LogP contribution >= 0.6 is 0 Å². The van der Waals surface area contributed by atoms with Crippen molar-refractivity contribution in [2.45, 2.75) is 144 Å². The first-order chi connectivity index (χ1) is 29.5. The van der Waals surface area contributed by atoms with Crippen LogP contribution in [0.1, 0.15) is 145 Å². The van der Waals surface area contributed by atoms with Crippen molar-refractivity contribution < 1.29 is 25.8 Å². The van der Waals surface area contributed by atoms with Gasteiger partial charge in [0.25, 0.3) is 0 Å². The third kappa shape index (κ3) is 8.91. The van der Waals surface area contributed by atoms with E-state index in [9.17, 15) is 0 Å². The van der Waals surface area contributed by atoms with Crippen molar-refractivity contribution >= 4 is 44.6 Å². The van der Waals surface area contributed by atoms with E-state index in [1.54, 1.807) is 0 Å². The maximum atomic E-state index is 6.92. The van der Waals surface area contributed by atoms with Gasteiger partial charge < -0.3 is 19.1 Å². The number of hydrogen-bond acceptors (Lipinski definition) is 4. The van der Waals surface area contributed by atoms with Crippen molar-refractivity contribution in [2.24, 2.45) is 0 Å². The molecule has 0 amide bonds. The molecule has 0 atom stereocenters. The summed E-state index contributed by atoms with van der Waals surface area (Å²) in [5.41, 5.74) is 12.5. The Labute approximate surface area is 398 Å². The molecule has 8 rings (SSSR count). The van der Waals surface area contributed by atoms with Gasteiger partial charge in [-0.15, -0.1) is 53.6 Å². The number of fused-ring (bicyclic) bond motifs is 4. The Morgan fingerprint density at radius 1 is 0.547 bits per heavy atom. The summed E-state index contributed by atoms with van der Waals surface area (Å²) < 4.78 is 9.18. The molecule has 64 heavy (non-hydrogen) atoms. The second-order valence-electron chi connectivity index (χ2n) is 22.2. The first-order valence-corrected chi connectivity index (χ1v) is 22.9. The molecule has 0 aliphatic carbocycles. The average Bonchev–Trinajstić information content (AvgIpc) is 3.77. The minimum absolute atomic E-state index is 0. The third-order valence-corrected chi connectivity index (χ3v) is 13.5. The van der Waals surface area contributed by atoms with Crippen LogP contribution in [0.2, 0.25) is 0 Å². The predicted molar refractivity (Wildman–Crippen MR) is 267 cm³/mol. The van der Waals surface area contributed by atoms with E-state index in [0.29, 0.717) is 11.5 Å². The molecule has 1 aliphatic heterocycles. The van der Waals surface area contributed by atoms with Crippen LogP contribution in [-0.2, 0) is 48.1 Å². The molecule has 0 N–H and O–H groups in total. The largest absolute Gasteiger partial charge is 0.509 e. The summed E-state index contributed by atoms with van der Waals surface area (Å²) in [7, 11) is 0. The number of nitrogens with zero attached hydrogens (tertiary/aromatic N) is 4. The molecule has 6 heteroatoms. The van der Waals surface area contributed by atoms with Crippen molar-refractivity contribution in [3.63, 3.8) is 0 Å². The van der Waals surface area contributed by atoms with Crippen LogP contribution in [0.25, 0.3) is 27.6 Å². The summed E-state index contributed by atoms with van der Waals surface area (Å²) in [6, 6.07) is 43.3. The molecule has 0 spiro atoms. The Kier molecular flexibility index (Phi) is 12.4. The quantitative estimate of drug-likeness (QED) is 0.142. The molecule has 5 nitrogen and oxygen atoms in total. The maximum Gasteiger partial charge on any atom is 0.135 e. The van der Waals surface area contributed by atoms with E-state index in [-0.39, 0.29) is 48.1 Å². The Bertz CT molecular complexity index is 2840. The van der Waals surface area contributed by atoms with E-state index in [2.05, 4.69) is 228 Å². The topological polar surface area (TPSA) is 33.5 Å². The van der Waals surface area contributed by atoms with Crippen LogP contribution in [-0.4, -0.2) is 9.55 Å². The van der Waals surface area contributed by atoms with Gasteiger partial charge in [-0.3, -0.25) is 0 Å². The van der Waals surface area contributed by atoms with Crippen molar-refractivity contribution in [1.82, 2.24) is 9.55 Å². The molecule has 0 fully saturated rings. The van der Waals surface area contributed by atoms with Gasteiger partial charge in [0.2, 0.25) is 0 Å². The predicted octanol–water partition coefficient (Wildman–Crippen LogP) is 16.2. The fourth-order valence-corrected chi connectivity index (χ4v) is 8.67. The zero-order valence-electron chi connectivity index (χ0n) is 40.8. The molecular formula is C58H67N4OPt-3. The van der Waals surface area contributed by atoms with Gasteiger partial charge in [0.15, 0.2) is 0 Å². The van der Waals surface area contributed by atoms with Crippen molar-refractivity contribution in [3.05, 3.63) is 150 Å². The second kappa shape index (κ2) is 16.8. The van der Waals surface area contributed by atoms with Crippen LogP contribution < -0.4 is 14.5 Å². The summed E-state index contributed by atoms with van der Waals surface area (Å²) in [4.78, 5) is 9.60. The summed E-state index contributed by atoms with van der Waals surface area (Å²) in [5, 5.41) is 2.27. The van der Waals surface area contributed by atoms with Crippen molar-refractivity contribution in [3.8, 4) is 17.3 Å². The molecule has 3 heterocycles. The maximum absolute atomic E-state index is 6.92. The Hall–Kier alpha value is -4.86. The fraction of sp³-hybridized carbons (Fsp3) is 0.379. The van der Waals surface area contributed by atoms with E-state index in [1.807, 2.05) is 12.3 Å². The number of rotatable bonds is 8. The number of aromatic nitrogens is 2. The van der Waals surface area contributed by atoms with E-state index in [0.717, 1.165) is 68.8 Å². The molecule has 1 aliphatic rings. The normalized spacial score (nSPS) is 13.7. The number of pyridine rings is 1. The molecule has 5 aromatic carbocycles. The molecule has 0 radical (unpaired) electrons. The zero-order chi connectivity index (χ0) is 45.4. The van der Waals surface area contributed by atoms with Gasteiger partial charge in [-0.1, -0.05) is 140 Å². The van der Waals surface area contributed by atoms with Crippen LogP contribution in [0.4, 0.5) is 22.7 Å². The van der Waals surface area contributed by atoms with E-state index in [1.165, 1.54) is 22.3 Å². The monoisotopic (exact) mass is 1030 g/mol. The molecule has 2 aromatic heterocycles. The van der Waals surface area contributed by atoms with E-state index < -0.39 is 0 Å². The minimum atomic E-state index is -0.162. The summed E-state index contributed by atoms with van der Waals surface area (Å²) in [6.45, 7) is 36.3. The third-order valence-electron chi connectivity index (χ3n) is 13.5. The number of benzene rings is 5. The summed E-state index contributed by atoms with van der Waals surface area (Å²) in [6.07, 6.45) is 4.09. The molecule has 7 aromatic rings. The first kappa shape index (κ1) is 47.1. The minimum Gasteiger partial charge on any atom is -0.509 e.